The molecule has 0 radical (unpaired) electrons. The highest BCUT2D eigenvalue weighted by Gasteiger charge is 2.07. The normalized spacial score (nSPS) is 11.4. The summed E-state index contributed by atoms with van der Waals surface area (Å²) in [6.45, 7) is 0. The summed E-state index contributed by atoms with van der Waals surface area (Å²) < 4.78 is 5.24. The van der Waals surface area contributed by atoms with Crippen LogP contribution in [0.1, 0.15) is 15.9 Å². The van der Waals surface area contributed by atoms with Crippen LogP contribution in [0.5, 0.6) is 5.75 Å². The molecule has 0 atom stereocenters. The summed E-state index contributed by atoms with van der Waals surface area (Å²) in [6, 6.07) is 15.2. The van der Waals surface area contributed by atoms with E-state index in [1.165, 1.54) is 12.2 Å². The highest BCUT2D eigenvalue weighted by Crippen LogP contribution is 2.22. The van der Waals surface area contributed by atoms with Gasteiger partial charge in [-0.1, -0.05) is 29.8 Å². The summed E-state index contributed by atoms with van der Waals surface area (Å²) >= 11 is 6.02. The van der Waals surface area contributed by atoms with Gasteiger partial charge in [-0.15, -0.1) is 0 Å². The number of hydrogen-bond donors (Lipinski definition) is 0. The number of benzene rings is 2. The molecule has 116 valence electrons. The van der Waals surface area contributed by atoms with Crippen LogP contribution < -0.4 is 4.74 Å². The first-order valence-electron chi connectivity index (χ1n) is 6.61. The van der Waals surface area contributed by atoms with E-state index in [1.54, 1.807) is 48.5 Å². The Balaban J connectivity index is 2.05. The Morgan fingerprint density at radius 1 is 1.04 bits per heavy atom. The van der Waals surface area contributed by atoms with Crippen LogP contribution in [-0.4, -0.2) is 10.9 Å². The van der Waals surface area contributed by atoms with E-state index in [1.807, 2.05) is 6.07 Å². The summed E-state index contributed by atoms with van der Waals surface area (Å²) in [4.78, 5) is 21.5. The van der Waals surface area contributed by atoms with Gasteiger partial charge in [-0.2, -0.15) is 0 Å². The molecule has 0 unspecified atom stereocenters. The van der Waals surface area contributed by atoms with E-state index in [9.17, 15) is 14.9 Å². The van der Waals surface area contributed by atoms with E-state index in [4.69, 9.17) is 16.3 Å². The maximum atomic E-state index is 11.9. The van der Waals surface area contributed by atoms with Crippen molar-refractivity contribution < 1.29 is 14.5 Å². The smallest absolute Gasteiger partial charge is 0.343 e. The highest BCUT2D eigenvalue weighted by atomic mass is 35.5. The second-order valence-corrected chi connectivity index (χ2v) is 4.83. The van der Waals surface area contributed by atoms with Gasteiger partial charge in [-0.3, -0.25) is 10.1 Å². The topological polar surface area (TPSA) is 69.4 Å². The van der Waals surface area contributed by atoms with Crippen molar-refractivity contribution in [3.63, 3.8) is 0 Å². The molecule has 0 N–H and O–H groups in total. The van der Waals surface area contributed by atoms with E-state index in [-0.39, 0.29) is 0 Å². The van der Waals surface area contributed by atoms with Crippen molar-refractivity contribution >= 4 is 22.6 Å². The molecule has 0 saturated carbocycles. The van der Waals surface area contributed by atoms with Crippen LogP contribution in [0.25, 0.3) is 5.03 Å². The van der Waals surface area contributed by atoms with Crippen molar-refractivity contribution in [3.8, 4) is 5.75 Å². The van der Waals surface area contributed by atoms with Crippen LogP contribution in [-0.2, 0) is 0 Å². The van der Waals surface area contributed by atoms with E-state index in [2.05, 4.69) is 0 Å². The molecule has 0 aliphatic heterocycles. The van der Waals surface area contributed by atoms with Gasteiger partial charge in [-0.25, -0.2) is 4.79 Å². The molecule has 0 spiro atoms. The van der Waals surface area contributed by atoms with Gasteiger partial charge in [0.1, 0.15) is 5.75 Å². The minimum Gasteiger partial charge on any atom is -0.423 e. The third kappa shape index (κ3) is 5.09. The van der Waals surface area contributed by atoms with Crippen LogP contribution >= 0.6 is 11.6 Å². The first-order valence-corrected chi connectivity index (χ1v) is 6.99. The van der Waals surface area contributed by atoms with Gasteiger partial charge in [0.15, 0.2) is 0 Å². The quantitative estimate of drug-likeness (QED) is 0.270. The van der Waals surface area contributed by atoms with Crippen LogP contribution in [0.4, 0.5) is 0 Å². The van der Waals surface area contributed by atoms with E-state index in [0.717, 1.165) is 6.20 Å². The summed E-state index contributed by atoms with van der Waals surface area (Å²) in [5, 5.41) is 10.5. The Hall–Kier alpha value is -2.92. The number of halogens is 1. The van der Waals surface area contributed by atoms with Gasteiger partial charge in [-0.05, 0) is 48.0 Å². The number of esters is 1. The lowest BCUT2D eigenvalue weighted by atomic mass is 10.2. The van der Waals surface area contributed by atoms with Crippen LogP contribution in [0.2, 0.25) is 0 Å². The van der Waals surface area contributed by atoms with Gasteiger partial charge >= 0.3 is 5.97 Å². The summed E-state index contributed by atoms with van der Waals surface area (Å²) in [5.74, 6) is -0.0678. The fourth-order valence-corrected chi connectivity index (χ4v) is 1.92. The number of hydrogen-bond acceptors (Lipinski definition) is 4. The van der Waals surface area contributed by atoms with Gasteiger partial charge in [0.2, 0.25) is 6.20 Å². The molecule has 6 heteroatoms. The van der Waals surface area contributed by atoms with Crippen molar-refractivity contribution in [2.24, 2.45) is 0 Å². The zero-order valence-corrected chi connectivity index (χ0v) is 12.6. The highest BCUT2D eigenvalue weighted by molar-refractivity contribution is 6.48. The van der Waals surface area contributed by atoms with Crippen molar-refractivity contribution in [1.82, 2.24) is 0 Å². The number of nitrogens with zero attached hydrogens (tertiary/aromatic N) is 1. The minimum absolute atomic E-state index is 0.337. The Morgan fingerprint density at radius 3 is 2.30 bits per heavy atom. The third-order valence-electron chi connectivity index (χ3n) is 2.80. The zero-order chi connectivity index (χ0) is 16.7. The average Bonchev–Trinajstić information content (AvgIpc) is 2.56. The maximum Gasteiger partial charge on any atom is 0.343 e. The maximum absolute atomic E-state index is 11.9. The molecule has 0 aliphatic rings. The molecule has 23 heavy (non-hydrogen) atoms. The van der Waals surface area contributed by atoms with Crippen LogP contribution in [0.3, 0.4) is 0 Å². The second kappa shape index (κ2) is 7.91. The summed E-state index contributed by atoms with van der Waals surface area (Å²) in [5.41, 5.74) is 1.11. The second-order valence-electron chi connectivity index (χ2n) is 4.42. The van der Waals surface area contributed by atoms with Crippen molar-refractivity contribution in [2.75, 3.05) is 0 Å². The fourth-order valence-electron chi connectivity index (χ4n) is 1.72. The standard InChI is InChI=1S/C17H12ClNO4/c18-16(7-4-12-19(21)22)13-8-10-15(11-9-13)23-17(20)14-5-2-1-3-6-14/h1-12H/b12-4+,16-7-. The largest absolute Gasteiger partial charge is 0.423 e. The third-order valence-corrected chi connectivity index (χ3v) is 3.14. The van der Waals surface area contributed by atoms with E-state index in [0.29, 0.717) is 21.9 Å². The molecule has 0 amide bonds. The Kier molecular flexibility index (Phi) is 5.66. The predicted molar refractivity (Wildman–Crippen MR) is 87.8 cm³/mol. The van der Waals surface area contributed by atoms with Crippen molar-refractivity contribution in [2.45, 2.75) is 0 Å². The molecular weight excluding hydrogens is 318 g/mol. The number of rotatable bonds is 5. The monoisotopic (exact) mass is 329 g/mol. The Labute approximate surface area is 137 Å². The molecular formula is C17H12ClNO4. The zero-order valence-electron chi connectivity index (χ0n) is 11.9. The van der Waals surface area contributed by atoms with Crippen LogP contribution in [0.15, 0.2) is 72.9 Å². The van der Waals surface area contributed by atoms with Gasteiger partial charge in [0, 0.05) is 11.1 Å². The van der Waals surface area contributed by atoms with Crippen LogP contribution in [0, 0.1) is 10.1 Å². The number of carbonyl (C=O) groups excluding carboxylic acids is 1. The number of ether oxygens (including phenoxy) is 1. The van der Waals surface area contributed by atoms with E-state index >= 15 is 0 Å². The van der Waals surface area contributed by atoms with Crippen molar-refractivity contribution in [3.05, 3.63) is 94.2 Å². The molecule has 0 fully saturated rings. The summed E-state index contributed by atoms with van der Waals surface area (Å²) in [6.07, 6.45) is 3.44. The SMILES string of the molecule is O=C(Oc1ccc(/C(Cl)=C/C=C/[N+](=O)[O-])cc1)c1ccccc1. The van der Waals surface area contributed by atoms with Gasteiger partial charge in [0.25, 0.3) is 0 Å². The molecule has 2 aromatic rings. The molecule has 5 nitrogen and oxygen atoms in total. The number of carbonyl (C=O) groups is 1. The van der Waals surface area contributed by atoms with E-state index < -0.39 is 10.9 Å². The molecule has 2 aromatic carbocycles. The summed E-state index contributed by atoms with van der Waals surface area (Å²) in [7, 11) is 0. The molecule has 0 bridgehead atoms. The number of allylic oxidation sites excluding steroid dienone is 2. The fraction of sp³-hybridized carbons (Fsp3) is 0. The lowest BCUT2D eigenvalue weighted by molar-refractivity contribution is -0.402. The lowest BCUT2D eigenvalue weighted by Crippen LogP contribution is -2.07. The molecule has 2 rings (SSSR count). The lowest BCUT2D eigenvalue weighted by Gasteiger charge is -2.05. The Morgan fingerprint density at radius 2 is 1.70 bits per heavy atom. The average molecular weight is 330 g/mol. The van der Waals surface area contributed by atoms with Gasteiger partial charge in [0.05, 0.1) is 10.5 Å². The first-order chi connectivity index (χ1) is 11.1. The van der Waals surface area contributed by atoms with Crippen molar-refractivity contribution in [1.29, 1.82) is 0 Å². The number of nitro groups is 1. The minimum atomic E-state index is -0.577. The van der Waals surface area contributed by atoms with Gasteiger partial charge < -0.3 is 4.74 Å². The molecule has 0 saturated heterocycles. The predicted octanol–water partition coefficient (Wildman–Crippen LogP) is 4.28. The molecule has 0 heterocycles. The molecule has 0 aromatic heterocycles. The first kappa shape index (κ1) is 16.5. The Bertz CT molecular complexity index is 752. The molecule has 0 aliphatic carbocycles.